The molecule has 6 nitrogen and oxygen atoms in total. The van der Waals surface area contributed by atoms with Gasteiger partial charge in [-0.3, -0.25) is 0 Å². The fourth-order valence-corrected chi connectivity index (χ4v) is 1.75. The van der Waals surface area contributed by atoms with Gasteiger partial charge in [-0.25, -0.2) is 4.18 Å². The van der Waals surface area contributed by atoms with Gasteiger partial charge in [0, 0.05) is 0 Å². The molecule has 0 saturated carbocycles. The molecule has 0 unspecified atom stereocenters. The monoisotopic (exact) mass is 261 g/mol. The molecule has 0 spiro atoms. The standard InChI is InChI=1S/C2H3F4NO5S2/c3-2(4,5)1-12-14(10,11)7-13(6,8)9/h7H,1H2. The Balaban J connectivity index is 4.40. The molecule has 0 atom stereocenters. The highest BCUT2D eigenvalue weighted by molar-refractivity contribution is 8.00. The van der Waals surface area contributed by atoms with Gasteiger partial charge >= 0.3 is 26.9 Å². The van der Waals surface area contributed by atoms with Crippen LogP contribution in [-0.4, -0.2) is 29.6 Å². The van der Waals surface area contributed by atoms with Gasteiger partial charge in [0.05, 0.1) is 0 Å². The van der Waals surface area contributed by atoms with Crippen LogP contribution in [-0.2, 0) is 24.9 Å². The number of hydrogen-bond acceptors (Lipinski definition) is 5. The first-order valence-electron chi connectivity index (χ1n) is 2.61. The van der Waals surface area contributed by atoms with E-state index < -0.39 is 33.5 Å². The Hall–Kier alpha value is -0.460. The van der Waals surface area contributed by atoms with E-state index in [4.69, 9.17) is 0 Å². The molecule has 0 aliphatic heterocycles. The van der Waals surface area contributed by atoms with Crippen molar-refractivity contribution in [1.29, 1.82) is 0 Å². The van der Waals surface area contributed by atoms with Crippen molar-refractivity contribution in [3.63, 3.8) is 0 Å². The topological polar surface area (TPSA) is 89.5 Å². The summed E-state index contributed by atoms with van der Waals surface area (Å²) in [4.78, 5) is 0. The van der Waals surface area contributed by atoms with Crippen molar-refractivity contribution in [2.45, 2.75) is 6.18 Å². The predicted octanol–water partition coefficient (Wildman–Crippen LogP) is -0.386. The summed E-state index contributed by atoms with van der Waals surface area (Å²) in [7, 11) is -11.0. The molecule has 0 saturated heterocycles. The Morgan fingerprint density at radius 1 is 1.14 bits per heavy atom. The van der Waals surface area contributed by atoms with Crippen LogP contribution in [0, 0.1) is 0 Å². The van der Waals surface area contributed by atoms with E-state index in [9.17, 15) is 33.9 Å². The first-order chi connectivity index (χ1) is 5.91. The molecule has 12 heteroatoms. The van der Waals surface area contributed by atoms with Crippen LogP contribution in [0.1, 0.15) is 0 Å². The molecular weight excluding hydrogens is 258 g/mol. The summed E-state index contributed by atoms with van der Waals surface area (Å²) in [6.07, 6.45) is -4.98. The van der Waals surface area contributed by atoms with Gasteiger partial charge in [0.25, 0.3) is 0 Å². The normalized spacial score (nSPS) is 14.3. The minimum Gasteiger partial charge on any atom is -0.248 e. The van der Waals surface area contributed by atoms with E-state index in [1.165, 1.54) is 0 Å². The Bertz CT molecular complexity index is 380. The molecular formula is C2H3F4NO5S2. The van der Waals surface area contributed by atoms with Crippen LogP contribution in [0.3, 0.4) is 0 Å². The fraction of sp³-hybridized carbons (Fsp3) is 1.00. The smallest absolute Gasteiger partial charge is 0.248 e. The third-order valence-electron chi connectivity index (χ3n) is 0.579. The van der Waals surface area contributed by atoms with Crippen molar-refractivity contribution in [2.75, 3.05) is 6.61 Å². The van der Waals surface area contributed by atoms with Gasteiger partial charge in [-0.2, -0.15) is 30.0 Å². The summed E-state index contributed by atoms with van der Waals surface area (Å²) in [5, 5.41) is 0. The maximum atomic E-state index is 11.6. The van der Waals surface area contributed by atoms with Gasteiger partial charge in [-0.05, 0) is 0 Å². The second-order valence-corrected chi connectivity index (χ2v) is 4.54. The van der Waals surface area contributed by atoms with E-state index in [0.29, 0.717) is 0 Å². The van der Waals surface area contributed by atoms with E-state index in [1.807, 2.05) is 0 Å². The molecule has 0 aromatic carbocycles. The van der Waals surface area contributed by atoms with Crippen LogP contribution in [0.15, 0.2) is 0 Å². The number of alkyl halides is 3. The molecule has 0 rings (SSSR count). The third-order valence-corrected chi connectivity index (χ3v) is 2.62. The van der Waals surface area contributed by atoms with Gasteiger partial charge in [0.1, 0.15) is 0 Å². The van der Waals surface area contributed by atoms with E-state index >= 15 is 0 Å². The molecule has 1 N–H and O–H groups in total. The molecule has 86 valence electrons. The van der Waals surface area contributed by atoms with Crippen molar-refractivity contribution in [2.24, 2.45) is 0 Å². The molecule has 0 aliphatic rings. The van der Waals surface area contributed by atoms with Gasteiger partial charge < -0.3 is 0 Å². The number of nitrogens with one attached hydrogen (secondary N) is 1. The van der Waals surface area contributed by atoms with Crippen molar-refractivity contribution < 1.29 is 38.1 Å². The Kier molecular flexibility index (Phi) is 3.83. The second kappa shape index (κ2) is 3.96. The van der Waals surface area contributed by atoms with E-state index in [0.717, 1.165) is 0 Å². The molecule has 0 radical (unpaired) electrons. The lowest BCUT2D eigenvalue weighted by Crippen LogP contribution is -2.32. The number of halogens is 4. The van der Waals surface area contributed by atoms with Crippen LogP contribution in [0.5, 0.6) is 0 Å². The van der Waals surface area contributed by atoms with Crippen molar-refractivity contribution in [1.82, 2.24) is 4.13 Å². The van der Waals surface area contributed by atoms with Crippen LogP contribution >= 0.6 is 0 Å². The molecule has 0 aliphatic carbocycles. The highest BCUT2D eigenvalue weighted by atomic mass is 32.3. The zero-order valence-electron chi connectivity index (χ0n) is 6.08. The summed E-state index contributed by atoms with van der Waals surface area (Å²) in [6.45, 7) is -2.25. The molecule has 0 heterocycles. The molecule has 0 aromatic heterocycles. The molecule has 0 fully saturated rings. The quantitative estimate of drug-likeness (QED) is 0.550. The minimum absolute atomic E-state index is 0.224. The van der Waals surface area contributed by atoms with Gasteiger partial charge in [0.15, 0.2) is 6.61 Å². The zero-order chi connectivity index (χ0) is 11.6. The van der Waals surface area contributed by atoms with Crippen LogP contribution in [0.2, 0.25) is 0 Å². The predicted molar refractivity (Wildman–Crippen MR) is 34.1 cm³/mol. The highest BCUT2D eigenvalue weighted by Crippen LogP contribution is 2.15. The molecule has 0 bridgehead atoms. The Morgan fingerprint density at radius 2 is 1.57 bits per heavy atom. The first kappa shape index (κ1) is 13.5. The second-order valence-electron chi connectivity index (χ2n) is 1.85. The molecule has 14 heavy (non-hydrogen) atoms. The summed E-state index contributed by atoms with van der Waals surface area (Å²) in [6, 6.07) is 0. The average Bonchev–Trinajstić information content (AvgIpc) is 1.76. The third kappa shape index (κ3) is 8.15. The first-order valence-corrected chi connectivity index (χ1v) is 5.40. The lowest BCUT2D eigenvalue weighted by Gasteiger charge is -2.06. The summed E-state index contributed by atoms with van der Waals surface area (Å²) >= 11 is 0. The van der Waals surface area contributed by atoms with Gasteiger partial charge in [-0.15, -0.1) is 0 Å². The summed E-state index contributed by atoms with van der Waals surface area (Å²) in [5.74, 6) is 0. The lowest BCUT2D eigenvalue weighted by molar-refractivity contribution is -0.152. The van der Waals surface area contributed by atoms with E-state index in [-0.39, 0.29) is 4.13 Å². The van der Waals surface area contributed by atoms with Crippen molar-refractivity contribution >= 4 is 20.7 Å². The zero-order valence-corrected chi connectivity index (χ0v) is 7.71. The van der Waals surface area contributed by atoms with E-state index in [2.05, 4.69) is 4.18 Å². The fourth-order valence-electron chi connectivity index (χ4n) is 0.290. The minimum atomic E-state index is -5.68. The largest absolute Gasteiger partial charge is 0.413 e. The van der Waals surface area contributed by atoms with Crippen molar-refractivity contribution in [3.05, 3.63) is 0 Å². The van der Waals surface area contributed by atoms with Crippen LogP contribution in [0.25, 0.3) is 0 Å². The average molecular weight is 261 g/mol. The highest BCUT2D eigenvalue weighted by Gasteiger charge is 2.32. The summed E-state index contributed by atoms with van der Waals surface area (Å²) < 4.78 is 88.8. The number of hydrogen-bond donors (Lipinski definition) is 1. The van der Waals surface area contributed by atoms with Crippen molar-refractivity contribution in [3.8, 4) is 0 Å². The maximum absolute atomic E-state index is 11.6. The SMILES string of the molecule is O=S(=O)(F)NS(=O)(=O)OCC(F)(F)F. The summed E-state index contributed by atoms with van der Waals surface area (Å²) in [5.41, 5.74) is 0. The van der Waals surface area contributed by atoms with Crippen LogP contribution in [0.4, 0.5) is 17.1 Å². The number of rotatable bonds is 4. The Labute approximate surface area is 76.5 Å². The van der Waals surface area contributed by atoms with E-state index in [1.54, 1.807) is 0 Å². The molecule has 0 amide bonds. The van der Waals surface area contributed by atoms with Gasteiger partial charge in [-0.1, -0.05) is 8.01 Å². The van der Waals surface area contributed by atoms with Crippen LogP contribution < -0.4 is 4.13 Å². The maximum Gasteiger partial charge on any atom is 0.413 e. The Morgan fingerprint density at radius 3 is 1.86 bits per heavy atom. The molecule has 0 aromatic rings. The lowest BCUT2D eigenvalue weighted by atomic mass is 10.7. The van der Waals surface area contributed by atoms with Gasteiger partial charge in [0.2, 0.25) is 0 Å².